The van der Waals surface area contributed by atoms with Gasteiger partial charge in [0, 0.05) is 11.3 Å². The van der Waals surface area contributed by atoms with Gasteiger partial charge in [-0.1, -0.05) is 36.3 Å². The summed E-state index contributed by atoms with van der Waals surface area (Å²) in [4.78, 5) is 27.8. The van der Waals surface area contributed by atoms with Crippen LogP contribution in [0.25, 0.3) is 11.4 Å². The van der Waals surface area contributed by atoms with E-state index in [1.165, 1.54) is 17.7 Å². The van der Waals surface area contributed by atoms with E-state index in [4.69, 9.17) is 14.5 Å². The summed E-state index contributed by atoms with van der Waals surface area (Å²) in [5.74, 6) is -0.365. The third-order valence-electron chi connectivity index (χ3n) is 4.06. The van der Waals surface area contributed by atoms with Gasteiger partial charge < -0.3 is 14.6 Å². The molecule has 0 aliphatic carbocycles. The molecular formula is C21H18N4O4. The maximum absolute atomic E-state index is 12.2. The number of rotatable bonds is 7. The van der Waals surface area contributed by atoms with Crippen LogP contribution in [0.5, 0.6) is 0 Å². The Hall–Kier alpha value is -3.99. The van der Waals surface area contributed by atoms with Crippen molar-refractivity contribution in [1.82, 2.24) is 10.1 Å². The van der Waals surface area contributed by atoms with E-state index in [9.17, 15) is 9.59 Å². The number of esters is 1. The second-order valence-electron chi connectivity index (χ2n) is 6.10. The number of aromatic nitrogens is 2. The summed E-state index contributed by atoms with van der Waals surface area (Å²) in [6.45, 7) is 1.92. The van der Waals surface area contributed by atoms with Crippen LogP contribution in [-0.4, -0.2) is 22.0 Å². The van der Waals surface area contributed by atoms with E-state index in [1.807, 2.05) is 24.3 Å². The van der Waals surface area contributed by atoms with Crippen LogP contribution in [0.1, 0.15) is 35.2 Å². The van der Waals surface area contributed by atoms with Crippen molar-refractivity contribution in [2.75, 3.05) is 5.32 Å². The van der Waals surface area contributed by atoms with Crippen molar-refractivity contribution >= 4 is 17.6 Å². The highest BCUT2D eigenvalue weighted by molar-refractivity contribution is 5.93. The molecule has 0 unspecified atom stereocenters. The number of nitrogens with one attached hydrogen (secondary N) is 1. The van der Waals surface area contributed by atoms with E-state index in [1.54, 1.807) is 18.2 Å². The lowest BCUT2D eigenvalue weighted by Crippen LogP contribution is -2.10. The Bertz CT molecular complexity index is 1030. The fourth-order valence-electron chi connectivity index (χ4n) is 2.50. The van der Waals surface area contributed by atoms with Gasteiger partial charge in [0.2, 0.25) is 11.7 Å². The number of anilines is 1. The minimum absolute atomic E-state index is 0.153. The predicted molar refractivity (Wildman–Crippen MR) is 104 cm³/mol. The molecule has 0 spiro atoms. The molecule has 2 aromatic carbocycles. The molecule has 0 saturated heterocycles. The first-order valence-corrected chi connectivity index (χ1v) is 8.95. The second kappa shape index (κ2) is 9.28. The van der Waals surface area contributed by atoms with Gasteiger partial charge in [-0.3, -0.25) is 4.79 Å². The van der Waals surface area contributed by atoms with Crippen LogP contribution in [0.15, 0.2) is 53.1 Å². The number of benzene rings is 2. The van der Waals surface area contributed by atoms with Crippen LogP contribution >= 0.6 is 0 Å². The normalized spacial score (nSPS) is 10.2. The number of ether oxygens (including phenoxy) is 1. The quantitative estimate of drug-likeness (QED) is 0.613. The van der Waals surface area contributed by atoms with Crippen molar-refractivity contribution < 1.29 is 18.8 Å². The highest BCUT2D eigenvalue weighted by Gasteiger charge is 2.13. The molecule has 1 N–H and O–H groups in total. The summed E-state index contributed by atoms with van der Waals surface area (Å²) >= 11 is 0. The smallest absolute Gasteiger partial charge is 0.338 e. The lowest BCUT2D eigenvalue weighted by molar-refractivity contribution is -0.115. The van der Waals surface area contributed by atoms with Gasteiger partial charge in [-0.15, -0.1) is 0 Å². The Labute approximate surface area is 167 Å². The summed E-state index contributed by atoms with van der Waals surface area (Å²) in [7, 11) is 0. The molecule has 0 aliphatic heterocycles. The van der Waals surface area contributed by atoms with E-state index in [2.05, 4.69) is 22.4 Å². The number of hydrogen-bond donors (Lipinski definition) is 1. The summed E-state index contributed by atoms with van der Waals surface area (Å²) < 4.78 is 10.3. The van der Waals surface area contributed by atoms with Crippen molar-refractivity contribution in [3.05, 3.63) is 65.5 Å². The SMILES string of the molecule is CCc1ccc(-c2noc(COC(=O)c3ccc(NC(=O)CC#N)cc3)n2)cc1. The topological polar surface area (TPSA) is 118 Å². The molecule has 29 heavy (non-hydrogen) atoms. The minimum atomic E-state index is -0.563. The van der Waals surface area contributed by atoms with E-state index < -0.39 is 11.9 Å². The first-order valence-electron chi connectivity index (χ1n) is 8.95. The number of nitriles is 1. The van der Waals surface area contributed by atoms with Crippen molar-refractivity contribution in [3.8, 4) is 17.5 Å². The first-order chi connectivity index (χ1) is 14.1. The number of aryl methyl sites for hydroxylation is 1. The average Bonchev–Trinajstić information content (AvgIpc) is 3.22. The van der Waals surface area contributed by atoms with E-state index in [0.717, 1.165) is 12.0 Å². The van der Waals surface area contributed by atoms with Crippen LogP contribution < -0.4 is 5.32 Å². The third-order valence-corrected chi connectivity index (χ3v) is 4.06. The summed E-state index contributed by atoms with van der Waals surface area (Å²) in [6.07, 6.45) is 0.708. The molecule has 0 saturated carbocycles. The molecular weight excluding hydrogens is 372 g/mol. The van der Waals surface area contributed by atoms with Crippen LogP contribution in [-0.2, 0) is 22.6 Å². The van der Waals surface area contributed by atoms with E-state index >= 15 is 0 Å². The Morgan fingerprint density at radius 1 is 1.14 bits per heavy atom. The molecule has 1 aromatic heterocycles. The van der Waals surface area contributed by atoms with Crippen molar-refractivity contribution in [1.29, 1.82) is 5.26 Å². The Balaban J connectivity index is 1.56. The fraction of sp³-hybridized carbons (Fsp3) is 0.190. The number of hydrogen-bond acceptors (Lipinski definition) is 7. The third kappa shape index (κ3) is 5.26. The molecule has 8 heteroatoms. The number of nitrogens with zero attached hydrogens (tertiary/aromatic N) is 3. The largest absolute Gasteiger partial charge is 0.452 e. The molecule has 0 aliphatic rings. The molecule has 0 radical (unpaired) electrons. The van der Waals surface area contributed by atoms with Gasteiger partial charge in [-0.25, -0.2) is 4.79 Å². The van der Waals surface area contributed by atoms with Gasteiger partial charge >= 0.3 is 5.97 Å². The fourth-order valence-corrected chi connectivity index (χ4v) is 2.50. The lowest BCUT2D eigenvalue weighted by atomic mass is 10.1. The Kier molecular flexibility index (Phi) is 6.32. The maximum atomic E-state index is 12.2. The Morgan fingerprint density at radius 3 is 2.52 bits per heavy atom. The average molecular weight is 390 g/mol. The summed E-state index contributed by atoms with van der Waals surface area (Å²) in [5, 5.41) is 14.9. The first kappa shape index (κ1) is 19.8. The predicted octanol–water partition coefficient (Wildman–Crippen LogP) is 3.51. The zero-order valence-corrected chi connectivity index (χ0v) is 15.7. The van der Waals surface area contributed by atoms with E-state index in [0.29, 0.717) is 17.1 Å². The molecule has 1 heterocycles. The Morgan fingerprint density at radius 2 is 1.86 bits per heavy atom. The molecule has 1 amide bonds. The van der Waals surface area contributed by atoms with Gasteiger partial charge in [0.05, 0.1) is 11.6 Å². The minimum Gasteiger partial charge on any atom is -0.452 e. The lowest BCUT2D eigenvalue weighted by Gasteiger charge is -2.05. The second-order valence-corrected chi connectivity index (χ2v) is 6.10. The standard InChI is InChI=1S/C21H18N4O4/c1-2-14-3-5-15(6-4-14)20-24-19(29-25-20)13-28-21(27)16-7-9-17(10-8-16)23-18(26)11-12-22/h3-10H,2,11,13H2,1H3,(H,23,26). The molecule has 0 bridgehead atoms. The van der Waals surface area contributed by atoms with Crippen molar-refractivity contribution in [3.63, 3.8) is 0 Å². The van der Waals surface area contributed by atoms with Crippen molar-refractivity contribution in [2.24, 2.45) is 0 Å². The van der Waals surface area contributed by atoms with Gasteiger partial charge in [-0.2, -0.15) is 10.2 Å². The van der Waals surface area contributed by atoms with Gasteiger partial charge in [-0.05, 0) is 36.2 Å². The van der Waals surface area contributed by atoms with Gasteiger partial charge in [0.1, 0.15) is 6.42 Å². The monoisotopic (exact) mass is 390 g/mol. The van der Waals surface area contributed by atoms with Gasteiger partial charge in [0.25, 0.3) is 5.89 Å². The molecule has 0 atom stereocenters. The highest BCUT2D eigenvalue weighted by atomic mass is 16.6. The number of carbonyl (C=O) groups is 2. The van der Waals surface area contributed by atoms with Gasteiger partial charge in [0.15, 0.2) is 6.61 Å². The molecule has 3 aromatic rings. The highest BCUT2D eigenvalue weighted by Crippen LogP contribution is 2.17. The molecule has 146 valence electrons. The maximum Gasteiger partial charge on any atom is 0.338 e. The summed E-state index contributed by atoms with van der Waals surface area (Å²) in [6, 6.07) is 15.7. The van der Waals surface area contributed by atoms with Crippen LogP contribution in [0.2, 0.25) is 0 Å². The molecule has 3 rings (SSSR count). The molecule has 0 fully saturated rings. The van der Waals surface area contributed by atoms with E-state index in [-0.39, 0.29) is 18.9 Å². The molecule has 8 nitrogen and oxygen atoms in total. The summed E-state index contributed by atoms with van der Waals surface area (Å²) in [5.41, 5.74) is 2.82. The zero-order valence-electron chi connectivity index (χ0n) is 15.7. The number of amides is 1. The van der Waals surface area contributed by atoms with Crippen molar-refractivity contribution in [2.45, 2.75) is 26.4 Å². The van der Waals surface area contributed by atoms with Crippen LogP contribution in [0.4, 0.5) is 5.69 Å². The van der Waals surface area contributed by atoms with Crippen LogP contribution in [0, 0.1) is 11.3 Å². The zero-order chi connectivity index (χ0) is 20.6. The number of carbonyl (C=O) groups excluding carboxylic acids is 2. The van der Waals surface area contributed by atoms with Crippen LogP contribution in [0.3, 0.4) is 0 Å².